The van der Waals surface area contributed by atoms with Crippen LogP contribution in [0.3, 0.4) is 0 Å². The zero-order chi connectivity index (χ0) is 29.1. The summed E-state index contributed by atoms with van der Waals surface area (Å²) >= 11 is 0. The number of hydrogen-bond acceptors (Lipinski definition) is 7. The lowest BCUT2D eigenvalue weighted by molar-refractivity contribution is -0.141. The van der Waals surface area contributed by atoms with Gasteiger partial charge in [-0.15, -0.1) is 0 Å². The topological polar surface area (TPSA) is 132 Å². The number of carboxylic acids is 1. The van der Waals surface area contributed by atoms with Crippen LogP contribution in [0.5, 0.6) is 11.8 Å². The number of nitrogens with one attached hydrogen (secondary N) is 1. The number of aromatic carboxylic acids is 1. The summed E-state index contributed by atoms with van der Waals surface area (Å²) in [5.74, 6) is -3.35. The molecular weight excluding hydrogens is 548 g/mol. The summed E-state index contributed by atoms with van der Waals surface area (Å²) in [6.45, 7) is 0. The number of pyridine rings is 1. The van der Waals surface area contributed by atoms with E-state index in [9.17, 15) is 27.2 Å². The number of hydrogen-bond donors (Lipinski definition) is 2. The fraction of sp³-hybridized carbons (Fsp3) is 0.0370. The van der Waals surface area contributed by atoms with Crippen LogP contribution in [-0.2, 0) is 6.18 Å². The van der Waals surface area contributed by atoms with Gasteiger partial charge in [0.2, 0.25) is 0 Å². The molecule has 2 aromatic carbocycles. The summed E-state index contributed by atoms with van der Waals surface area (Å²) < 4.78 is 61.0. The van der Waals surface area contributed by atoms with Gasteiger partial charge in [-0.3, -0.25) is 4.79 Å². The Balaban J connectivity index is 1.29. The van der Waals surface area contributed by atoms with Crippen molar-refractivity contribution in [2.45, 2.75) is 6.18 Å². The van der Waals surface area contributed by atoms with Crippen molar-refractivity contribution in [3.63, 3.8) is 0 Å². The van der Waals surface area contributed by atoms with Gasteiger partial charge < -0.3 is 15.2 Å². The molecule has 5 rings (SSSR count). The minimum Gasteiger partial charge on any atom is -0.478 e. The van der Waals surface area contributed by atoms with Gasteiger partial charge in [0.05, 0.1) is 11.1 Å². The molecule has 3 heterocycles. The summed E-state index contributed by atoms with van der Waals surface area (Å²) in [5, 5.41) is 14.9. The van der Waals surface area contributed by atoms with Gasteiger partial charge in [0.1, 0.15) is 0 Å². The number of halogens is 4. The molecule has 0 bridgehead atoms. The number of amides is 1. The van der Waals surface area contributed by atoms with E-state index in [0.717, 1.165) is 23.0 Å². The van der Waals surface area contributed by atoms with Crippen LogP contribution in [0.1, 0.15) is 26.4 Å². The lowest BCUT2D eigenvalue weighted by Gasteiger charge is -2.09. The van der Waals surface area contributed by atoms with Crippen molar-refractivity contribution in [3.8, 4) is 28.7 Å². The Morgan fingerprint density at radius 2 is 1.66 bits per heavy atom. The fourth-order valence-electron chi connectivity index (χ4n) is 3.63. The van der Waals surface area contributed by atoms with Gasteiger partial charge in [0, 0.05) is 36.0 Å². The largest absolute Gasteiger partial charge is 0.478 e. The molecule has 0 fully saturated rings. The monoisotopic (exact) mass is 564 g/mol. The molecule has 0 aliphatic carbocycles. The van der Waals surface area contributed by atoms with Gasteiger partial charge in [-0.1, -0.05) is 18.2 Å². The number of nitrogens with zero attached hydrogens (tertiary/aromatic N) is 5. The average Bonchev–Trinajstić information content (AvgIpc) is 3.42. The van der Waals surface area contributed by atoms with Crippen LogP contribution in [0.25, 0.3) is 16.9 Å². The predicted octanol–water partition coefficient (Wildman–Crippen LogP) is 5.63. The molecule has 0 saturated carbocycles. The second-order valence-electron chi connectivity index (χ2n) is 8.36. The van der Waals surface area contributed by atoms with E-state index >= 15 is 0 Å². The third-order valence-electron chi connectivity index (χ3n) is 5.60. The lowest BCUT2D eigenvalue weighted by Crippen LogP contribution is -2.17. The van der Waals surface area contributed by atoms with Gasteiger partial charge >= 0.3 is 18.2 Å². The highest BCUT2D eigenvalue weighted by atomic mass is 19.4. The summed E-state index contributed by atoms with van der Waals surface area (Å²) in [4.78, 5) is 35.7. The Bertz CT molecular complexity index is 1720. The zero-order valence-electron chi connectivity index (χ0n) is 20.5. The number of anilines is 1. The molecule has 14 heteroatoms. The van der Waals surface area contributed by atoms with Crippen LogP contribution >= 0.6 is 0 Å². The minimum atomic E-state index is -4.87. The smallest absolute Gasteiger partial charge is 0.435 e. The maximum atomic E-state index is 14.1. The first-order chi connectivity index (χ1) is 19.6. The highest BCUT2D eigenvalue weighted by Crippen LogP contribution is 2.32. The highest BCUT2D eigenvalue weighted by molar-refractivity contribution is 6.05. The SMILES string of the molecule is O=C(O)c1ccc(Oc2ncc(-c3ccc(NC(=O)c4cn(-c5ccccn5)nc4C(F)(F)F)cc3)cn2)c(F)c1. The summed E-state index contributed by atoms with van der Waals surface area (Å²) in [6.07, 6.45) is 0.253. The van der Waals surface area contributed by atoms with E-state index < -0.39 is 35.1 Å². The maximum Gasteiger partial charge on any atom is 0.435 e. The average molecular weight is 564 g/mol. The Hall–Kier alpha value is -5.66. The van der Waals surface area contributed by atoms with Crippen molar-refractivity contribution in [3.05, 3.63) is 108 Å². The van der Waals surface area contributed by atoms with Crippen molar-refractivity contribution in [1.82, 2.24) is 24.7 Å². The first-order valence-corrected chi connectivity index (χ1v) is 11.6. The second-order valence-corrected chi connectivity index (χ2v) is 8.36. The number of rotatable bonds is 7. The molecule has 1 amide bonds. The molecule has 0 atom stereocenters. The summed E-state index contributed by atoms with van der Waals surface area (Å²) in [5.41, 5.74) is -0.928. The van der Waals surface area contributed by atoms with Crippen molar-refractivity contribution in [2.75, 3.05) is 5.32 Å². The number of carboxylic acid groups (broad SMARTS) is 1. The molecule has 0 aliphatic rings. The highest BCUT2D eigenvalue weighted by Gasteiger charge is 2.39. The Morgan fingerprint density at radius 1 is 0.927 bits per heavy atom. The zero-order valence-corrected chi connectivity index (χ0v) is 20.5. The molecule has 41 heavy (non-hydrogen) atoms. The molecule has 0 spiro atoms. The first-order valence-electron chi connectivity index (χ1n) is 11.6. The number of ether oxygens (including phenoxy) is 1. The van der Waals surface area contributed by atoms with Crippen LogP contribution < -0.4 is 10.1 Å². The van der Waals surface area contributed by atoms with Crippen molar-refractivity contribution in [2.24, 2.45) is 0 Å². The van der Waals surface area contributed by atoms with Gasteiger partial charge in [0.25, 0.3) is 5.91 Å². The van der Waals surface area contributed by atoms with E-state index in [2.05, 4.69) is 25.4 Å². The van der Waals surface area contributed by atoms with E-state index in [1.54, 1.807) is 24.3 Å². The van der Waals surface area contributed by atoms with Crippen LogP contribution in [-0.4, -0.2) is 41.7 Å². The Kier molecular flexibility index (Phi) is 7.12. The first kappa shape index (κ1) is 26.9. The van der Waals surface area contributed by atoms with E-state index in [1.807, 2.05) is 0 Å². The van der Waals surface area contributed by atoms with Gasteiger partial charge in [-0.2, -0.15) is 18.3 Å². The third kappa shape index (κ3) is 6.00. The molecular formula is C27H16F4N6O4. The van der Waals surface area contributed by atoms with Crippen LogP contribution in [0.4, 0.5) is 23.2 Å². The predicted molar refractivity (Wildman–Crippen MR) is 135 cm³/mol. The Morgan fingerprint density at radius 3 is 2.27 bits per heavy atom. The van der Waals surface area contributed by atoms with Crippen LogP contribution in [0, 0.1) is 5.82 Å². The lowest BCUT2D eigenvalue weighted by atomic mass is 10.1. The molecule has 3 aromatic heterocycles. The Labute approximate surface area is 227 Å². The normalized spacial score (nSPS) is 11.2. The number of alkyl halides is 3. The van der Waals surface area contributed by atoms with Gasteiger partial charge in [-0.05, 0) is 48.0 Å². The van der Waals surface area contributed by atoms with Gasteiger partial charge in [-0.25, -0.2) is 28.8 Å². The number of aromatic nitrogens is 5. The third-order valence-corrected chi connectivity index (χ3v) is 5.60. The van der Waals surface area contributed by atoms with Crippen molar-refractivity contribution >= 4 is 17.6 Å². The minimum absolute atomic E-state index is 0.112. The molecule has 0 saturated heterocycles. The molecule has 5 aromatic rings. The molecule has 0 radical (unpaired) electrons. The molecule has 206 valence electrons. The standard InChI is InChI=1S/C27H16F4N6O4/c28-20-11-16(25(39)40)6-9-21(20)41-26-33-12-17(13-34-26)15-4-7-18(8-5-15)35-24(38)19-14-37(22-3-1-2-10-32-22)36-23(19)27(29,30)31/h1-14H,(H,35,38)(H,39,40). The number of carbonyl (C=O) groups excluding carboxylic acids is 1. The molecule has 10 nitrogen and oxygen atoms in total. The van der Waals surface area contributed by atoms with Gasteiger partial charge in [0.15, 0.2) is 23.1 Å². The number of carbonyl (C=O) groups is 2. The van der Waals surface area contributed by atoms with E-state index in [-0.39, 0.29) is 28.8 Å². The fourth-order valence-corrected chi connectivity index (χ4v) is 3.63. The molecule has 0 aliphatic heterocycles. The second kappa shape index (κ2) is 10.8. The molecule has 0 unspecified atom stereocenters. The molecule has 2 N–H and O–H groups in total. The van der Waals surface area contributed by atoms with Crippen LogP contribution in [0.2, 0.25) is 0 Å². The van der Waals surface area contributed by atoms with E-state index in [4.69, 9.17) is 9.84 Å². The van der Waals surface area contributed by atoms with Crippen LogP contribution in [0.15, 0.2) is 85.5 Å². The van der Waals surface area contributed by atoms with E-state index in [0.29, 0.717) is 11.1 Å². The number of benzene rings is 2. The van der Waals surface area contributed by atoms with Crippen molar-refractivity contribution < 1.29 is 37.0 Å². The summed E-state index contributed by atoms with van der Waals surface area (Å²) in [7, 11) is 0. The maximum absolute atomic E-state index is 14.1. The van der Waals surface area contributed by atoms with Crippen molar-refractivity contribution in [1.29, 1.82) is 0 Å². The summed E-state index contributed by atoms with van der Waals surface area (Å²) in [6, 6.07) is 13.7. The van der Waals surface area contributed by atoms with E-state index in [1.165, 1.54) is 42.9 Å². The quantitative estimate of drug-likeness (QED) is 0.243.